The molecule has 1 heterocycles. The van der Waals surface area contributed by atoms with Crippen LogP contribution >= 0.6 is 11.6 Å². The Balaban J connectivity index is 2.33. The number of benzene rings is 1. The van der Waals surface area contributed by atoms with Crippen LogP contribution in [0.1, 0.15) is 23.1 Å². The van der Waals surface area contributed by atoms with Crippen LogP contribution < -0.4 is 5.73 Å². The van der Waals surface area contributed by atoms with E-state index in [9.17, 15) is 9.50 Å². The molecule has 0 amide bonds. The Kier molecular flexibility index (Phi) is 4.47. The maximum absolute atomic E-state index is 13.8. The summed E-state index contributed by atoms with van der Waals surface area (Å²) in [7, 11) is 0. The van der Waals surface area contributed by atoms with E-state index in [4.69, 9.17) is 17.3 Å². The molecule has 2 unspecified atom stereocenters. The molecule has 0 fully saturated rings. The second-order valence-electron chi connectivity index (χ2n) is 4.24. The zero-order chi connectivity index (χ0) is 13.8. The van der Waals surface area contributed by atoms with Gasteiger partial charge in [0.25, 0.3) is 0 Å². The van der Waals surface area contributed by atoms with E-state index >= 15 is 0 Å². The highest BCUT2D eigenvalue weighted by molar-refractivity contribution is 6.30. The fourth-order valence-corrected chi connectivity index (χ4v) is 2.16. The largest absolute Gasteiger partial charge is 0.388 e. The Morgan fingerprint density at radius 3 is 2.74 bits per heavy atom. The van der Waals surface area contributed by atoms with Crippen molar-refractivity contribution in [2.75, 3.05) is 6.54 Å². The fourth-order valence-electron chi connectivity index (χ4n) is 2.00. The first kappa shape index (κ1) is 13.9. The quantitative estimate of drug-likeness (QED) is 0.905. The van der Waals surface area contributed by atoms with Gasteiger partial charge in [0, 0.05) is 35.4 Å². The van der Waals surface area contributed by atoms with Crippen LogP contribution in [0.2, 0.25) is 5.02 Å². The molecule has 0 aliphatic heterocycles. The van der Waals surface area contributed by atoms with E-state index in [-0.39, 0.29) is 12.1 Å². The molecule has 19 heavy (non-hydrogen) atoms. The zero-order valence-corrected chi connectivity index (χ0v) is 10.9. The van der Waals surface area contributed by atoms with Crippen LogP contribution in [0.15, 0.2) is 42.7 Å². The smallest absolute Gasteiger partial charge is 0.130 e. The van der Waals surface area contributed by atoms with E-state index in [1.165, 1.54) is 12.1 Å². The van der Waals surface area contributed by atoms with Crippen molar-refractivity contribution < 1.29 is 9.50 Å². The number of hydrogen-bond donors (Lipinski definition) is 2. The molecule has 0 saturated carbocycles. The summed E-state index contributed by atoms with van der Waals surface area (Å²) in [6.07, 6.45) is 2.22. The first-order valence-electron chi connectivity index (χ1n) is 5.86. The summed E-state index contributed by atoms with van der Waals surface area (Å²) in [4.78, 5) is 3.98. The first-order valence-corrected chi connectivity index (χ1v) is 6.24. The molecule has 2 atom stereocenters. The van der Waals surface area contributed by atoms with Crippen molar-refractivity contribution >= 4 is 11.6 Å². The number of aliphatic hydroxyl groups is 1. The second-order valence-corrected chi connectivity index (χ2v) is 4.68. The number of hydrogen-bond acceptors (Lipinski definition) is 3. The lowest BCUT2D eigenvalue weighted by Crippen LogP contribution is -2.21. The van der Waals surface area contributed by atoms with Crippen molar-refractivity contribution in [3.05, 3.63) is 64.7 Å². The molecule has 5 heteroatoms. The molecule has 0 aliphatic carbocycles. The van der Waals surface area contributed by atoms with E-state index in [0.29, 0.717) is 5.02 Å². The van der Waals surface area contributed by atoms with Crippen molar-refractivity contribution in [1.82, 2.24) is 4.98 Å². The number of halogens is 2. The average Bonchev–Trinajstić information content (AvgIpc) is 2.40. The molecule has 1 aromatic carbocycles. The van der Waals surface area contributed by atoms with Gasteiger partial charge in [-0.15, -0.1) is 0 Å². The summed E-state index contributed by atoms with van der Waals surface area (Å²) < 4.78 is 13.8. The van der Waals surface area contributed by atoms with Gasteiger partial charge in [-0.25, -0.2) is 4.39 Å². The van der Waals surface area contributed by atoms with Gasteiger partial charge >= 0.3 is 0 Å². The van der Waals surface area contributed by atoms with Crippen LogP contribution in [0.5, 0.6) is 0 Å². The number of aliphatic hydroxyl groups excluding tert-OH is 1. The average molecular weight is 281 g/mol. The van der Waals surface area contributed by atoms with Gasteiger partial charge in [0.05, 0.1) is 6.10 Å². The summed E-state index contributed by atoms with van der Waals surface area (Å²) in [6, 6.07) is 7.75. The molecule has 0 saturated heterocycles. The van der Waals surface area contributed by atoms with Crippen molar-refractivity contribution in [2.24, 2.45) is 5.73 Å². The summed E-state index contributed by atoms with van der Waals surface area (Å²) in [5.74, 6) is -0.952. The second kappa shape index (κ2) is 6.10. The van der Waals surface area contributed by atoms with Crippen LogP contribution in [0.3, 0.4) is 0 Å². The van der Waals surface area contributed by atoms with Crippen molar-refractivity contribution in [3.8, 4) is 0 Å². The van der Waals surface area contributed by atoms with Gasteiger partial charge in [-0.3, -0.25) is 4.98 Å². The monoisotopic (exact) mass is 280 g/mol. The maximum Gasteiger partial charge on any atom is 0.130 e. The molecular weight excluding hydrogens is 267 g/mol. The molecule has 2 rings (SSSR count). The third kappa shape index (κ3) is 3.10. The number of pyridine rings is 1. The van der Waals surface area contributed by atoms with Crippen LogP contribution in [-0.4, -0.2) is 16.6 Å². The number of nitrogens with two attached hydrogens (primary N) is 1. The predicted molar refractivity (Wildman–Crippen MR) is 72.4 cm³/mol. The van der Waals surface area contributed by atoms with Gasteiger partial charge in [-0.1, -0.05) is 23.7 Å². The number of aromatic nitrogens is 1. The predicted octanol–water partition coefficient (Wildman–Crippen LogP) is 2.65. The van der Waals surface area contributed by atoms with E-state index in [2.05, 4.69) is 4.98 Å². The van der Waals surface area contributed by atoms with Crippen LogP contribution in [0.25, 0.3) is 0 Å². The van der Waals surface area contributed by atoms with Gasteiger partial charge < -0.3 is 10.8 Å². The highest BCUT2D eigenvalue weighted by Crippen LogP contribution is 2.32. The Morgan fingerprint density at radius 2 is 2.16 bits per heavy atom. The minimum Gasteiger partial charge on any atom is -0.388 e. The van der Waals surface area contributed by atoms with Crippen molar-refractivity contribution in [2.45, 2.75) is 12.0 Å². The van der Waals surface area contributed by atoms with Gasteiger partial charge in [0.15, 0.2) is 0 Å². The lowest BCUT2D eigenvalue weighted by Gasteiger charge is -2.22. The summed E-state index contributed by atoms with van der Waals surface area (Å²) >= 11 is 5.70. The fraction of sp³-hybridized carbons (Fsp3) is 0.214. The minimum atomic E-state index is -1.04. The van der Waals surface area contributed by atoms with Crippen LogP contribution in [-0.2, 0) is 0 Å². The molecule has 0 spiro atoms. The summed E-state index contributed by atoms with van der Waals surface area (Å²) in [5.41, 5.74) is 6.64. The lowest BCUT2D eigenvalue weighted by atomic mass is 9.90. The van der Waals surface area contributed by atoms with Crippen LogP contribution in [0, 0.1) is 5.82 Å². The first-order chi connectivity index (χ1) is 9.13. The Bertz CT molecular complexity index is 550. The molecule has 0 aliphatic rings. The topological polar surface area (TPSA) is 59.1 Å². The normalized spacial score (nSPS) is 14.1. The lowest BCUT2D eigenvalue weighted by molar-refractivity contribution is 0.143. The molecular formula is C14H14ClFN2O. The highest BCUT2D eigenvalue weighted by atomic mass is 35.5. The molecule has 3 nitrogen and oxygen atoms in total. The van der Waals surface area contributed by atoms with E-state index in [0.717, 1.165) is 5.56 Å². The summed E-state index contributed by atoms with van der Waals surface area (Å²) in [5, 5.41) is 10.6. The third-order valence-electron chi connectivity index (χ3n) is 3.03. The van der Waals surface area contributed by atoms with Gasteiger partial charge in [-0.05, 0) is 23.8 Å². The Hall–Kier alpha value is -1.49. The maximum atomic E-state index is 13.8. The molecule has 2 aromatic rings. The van der Waals surface area contributed by atoms with Gasteiger partial charge in [0.2, 0.25) is 0 Å². The highest BCUT2D eigenvalue weighted by Gasteiger charge is 2.24. The third-order valence-corrected chi connectivity index (χ3v) is 3.26. The van der Waals surface area contributed by atoms with Gasteiger partial charge in [-0.2, -0.15) is 0 Å². The van der Waals surface area contributed by atoms with Crippen LogP contribution in [0.4, 0.5) is 4.39 Å². The molecule has 0 bridgehead atoms. The minimum absolute atomic E-state index is 0.184. The van der Waals surface area contributed by atoms with Crippen molar-refractivity contribution in [1.29, 1.82) is 0 Å². The van der Waals surface area contributed by atoms with E-state index in [1.807, 2.05) is 6.07 Å². The van der Waals surface area contributed by atoms with Gasteiger partial charge in [0.1, 0.15) is 5.82 Å². The standard InChI is InChI=1S/C14H14ClFN2O/c15-10-3-4-11(13(16)6-10)14(19)12(7-17)9-2-1-5-18-8-9/h1-6,8,12,14,19H,7,17H2. The van der Waals surface area contributed by atoms with E-state index < -0.39 is 17.8 Å². The molecule has 0 radical (unpaired) electrons. The number of rotatable bonds is 4. The summed E-state index contributed by atoms with van der Waals surface area (Å²) in [6.45, 7) is 0.189. The Morgan fingerprint density at radius 1 is 1.37 bits per heavy atom. The molecule has 100 valence electrons. The Labute approximate surface area is 115 Å². The zero-order valence-electron chi connectivity index (χ0n) is 10.1. The SMILES string of the molecule is NCC(c1cccnc1)C(O)c1ccc(Cl)cc1F. The number of nitrogens with zero attached hydrogens (tertiary/aromatic N) is 1. The molecule has 1 aromatic heterocycles. The molecule has 3 N–H and O–H groups in total. The van der Waals surface area contributed by atoms with E-state index in [1.54, 1.807) is 24.5 Å². The van der Waals surface area contributed by atoms with Crippen molar-refractivity contribution in [3.63, 3.8) is 0 Å².